The van der Waals surface area contributed by atoms with Crippen LogP contribution in [0.15, 0.2) is 49.1 Å². The van der Waals surface area contributed by atoms with E-state index in [1.165, 1.54) is 0 Å². The molecule has 2 aromatic rings. The van der Waals surface area contributed by atoms with E-state index in [0.717, 1.165) is 16.3 Å². The maximum Gasteiger partial charge on any atom is 0.123 e. The molecule has 2 aromatic carbocycles. The Balaban J connectivity index is 2.77. The van der Waals surface area contributed by atoms with Crippen LogP contribution in [0.5, 0.6) is 5.75 Å². The largest absolute Gasteiger partial charge is 0.507 e. The molecule has 2 rings (SSSR count). The summed E-state index contributed by atoms with van der Waals surface area (Å²) < 4.78 is 0. The number of rotatable bonds is 2. The highest BCUT2D eigenvalue weighted by Crippen LogP contribution is 2.30. The highest BCUT2D eigenvalue weighted by atomic mass is 16.3. The summed E-state index contributed by atoms with van der Waals surface area (Å²) in [5.41, 5.74) is 6.90. The van der Waals surface area contributed by atoms with Crippen molar-refractivity contribution in [3.63, 3.8) is 0 Å². The van der Waals surface area contributed by atoms with Crippen LogP contribution in [-0.4, -0.2) is 5.11 Å². The molecule has 3 N–H and O–H groups in total. The van der Waals surface area contributed by atoms with Crippen molar-refractivity contribution in [2.75, 3.05) is 0 Å². The van der Waals surface area contributed by atoms with Gasteiger partial charge < -0.3 is 10.8 Å². The third-order valence-electron chi connectivity index (χ3n) is 2.55. The highest BCUT2D eigenvalue weighted by Gasteiger charge is 2.08. The van der Waals surface area contributed by atoms with Crippen molar-refractivity contribution in [2.45, 2.75) is 6.04 Å². The molecular weight excluding hydrogens is 186 g/mol. The number of hydrogen-bond acceptors (Lipinski definition) is 2. The molecule has 2 nitrogen and oxygen atoms in total. The van der Waals surface area contributed by atoms with Gasteiger partial charge in [0.2, 0.25) is 0 Å². The maximum absolute atomic E-state index is 9.68. The standard InChI is InChI=1S/C13H13NO/c1-2-12(14)10-7-8-13(15)11-6-4-3-5-9(10)11/h2-8,12,15H,1,14H2/t12-/m0/s1. The van der Waals surface area contributed by atoms with E-state index in [4.69, 9.17) is 5.73 Å². The van der Waals surface area contributed by atoms with E-state index in [1.54, 1.807) is 12.1 Å². The lowest BCUT2D eigenvalue weighted by Gasteiger charge is -2.11. The minimum Gasteiger partial charge on any atom is -0.507 e. The first kappa shape index (κ1) is 9.74. The smallest absolute Gasteiger partial charge is 0.123 e. The molecule has 76 valence electrons. The Hall–Kier alpha value is -1.80. The van der Waals surface area contributed by atoms with Gasteiger partial charge in [-0.25, -0.2) is 0 Å². The van der Waals surface area contributed by atoms with Crippen LogP contribution in [0.3, 0.4) is 0 Å². The molecule has 0 unspecified atom stereocenters. The van der Waals surface area contributed by atoms with Crippen LogP contribution in [0.25, 0.3) is 10.8 Å². The van der Waals surface area contributed by atoms with Gasteiger partial charge in [-0.3, -0.25) is 0 Å². The summed E-state index contributed by atoms with van der Waals surface area (Å²) in [7, 11) is 0. The van der Waals surface area contributed by atoms with E-state index in [9.17, 15) is 5.11 Å². The Labute approximate surface area is 88.7 Å². The monoisotopic (exact) mass is 199 g/mol. The van der Waals surface area contributed by atoms with Crippen LogP contribution in [0, 0.1) is 0 Å². The number of fused-ring (bicyclic) bond motifs is 1. The van der Waals surface area contributed by atoms with E-state index in [-0.39, 0.29) is 11.8 Å². The molecule has 15 heavy (non-hydrogen) atoms. The maximum atomic E-state index is 9.68. The van der Waals surface area contributed by atoms with Crippen molar-refractivity contribution in [3.8, 4) is 5.75 Å². The third kappa shape index (κ3) is 1.60. The molecule has 0 heterocycles. The van der Waals surface area contributed by atoms with Crippen molar-refractivity contribution < 1.29 is 5.11 Å². The summed E-state index contributed by atoms with van der Waals surface area (Å²) in [6.07, 6.45) is 1.69. The zero-order valence-corrected chi connectivity index (χ0v) is 8.35. The fourth-order valence-electron chi connectivity index (χ4n) is 1.72. The van der Waals surface area contributed by atoms with Gasteiger partial charge in [0.1, 0.15) is 5.75 Å². The van der Waals surface area contributed by atoms with Gasteiger partial charge in [0.15, 0.2) is 0 Å². The van der Waals surface area contributed by atoms with Crippen LogP contribution >= 0.6 is 0 Å². The molecular formula is C13H13NO. The van der Waals surface area contributed by atoms with Crippen LogP contribution in [0.1, 0.15) is 11.6 Å². The highest BCUT2D eigenvalue weighted by molar-refractivity contribution is 5.91. The van der Waals surface area contributed by atoms with Crippen LogP contribution in [0.2, 0.25) is 0 Å². The van der Waals surface area contributed by atoms with E-state index in [2.05, 4.69) is 6.58 Å². The topological polar surface area (TPSA) is 46.2 Å². The molecule has 0 aromatic heterocycles. The second-order valence-corrected chi connectivity index (χ2v) is 3.48. The van der Waals surface area contributed by atoms with E-state index in [0.29, 0.717) is 0 Å². The van der Waals surface area contributed by atoms with Gasteiger partial charge in [-0.05, 0) is 17.0 Å². The number of aromatic hydroxyl groups is 1. The Morgan fingerprint density at radius 1 is 1.13 bits per heavy atom. The predicted octanol–water partition coefficient (Wildman–Crippen LogP) is 2.73. The van der Waals surface area contributed by atoms with Crippen LogP contribution < -0.4 is 5.73 Å². The molecule has 1 atom stereocenters. The van der Waals surface area contributed by atoms with Gasteiger partial charge >= 0.3 is 0 Å². The summed E-state index contributed by atoms with van der Waals surface area (Å²) in [4.78, 5) is 0. The van der Waals surface area contributed by atoms with Gasteiger partial charge in [0.25, 0.3) is 0 Å². The van der Waals surface area contributed by atoms with Crippen molar-refractivity contribution in [1.82, 2.24) is 0 Å². The zero-order chi connectivity index (χ0) is 10.8. The summed E-state index contributed by atoms with van der Waals surface area (Å²) in [5.74, 6) is 0.283. The number of nitrogens with two attached hydrogens (primary N) is 1. The first-order chi connectivity index (χ1) is 7.24. The van der Waals surface area contributed by atoms with Gasteiger partial charge in [-0.15, -0.1) is 6.58 Å². The van der Waals surface area contributed by atoms with Crippen LogP contribution in [0.4, 0.5) is 0 Å². The molecule has 0 bridgehead atoms. The van der Waals surface area contributed by atoms with Crippen molar-refractivity contribution in [1.29, 1.82) is 0 Å². The molecule has 0 radical (unpaired) electrons. The zero-order valence-electron chi connectivity index (χ0n) is 8.35. The molecule has 0 spiro atoms. The van der Waals surface area contributed by atoms with Crippen molar-refractivity contribution in [2.24, 2.45) is 5.73 Å². The Bertz CT molecular complexity index is 505. The lowest BCUT2D eigenvalue weighted by molar-refractivity contribution is 0.481. The molecule has 0 aliphatic carbocycles. The van der Waals surface area contributed by atoms with Gasteiger partial charge in [-0.1, -0.05) is 36.4 Å². The first-order valence-electron chi connectivity index (χ1n) is 4.83. The van der Waals surface area contributed by atoms with Gasteiger partial charge in [0, 0.05) is 11.4 Å². The summed E-state index contributed by atoms with van der Waals surface area (Å²) in [6.45, 7) is 3.68. The fraction of sp³-hybridized carbons (Fsp3) is 0.0769. The quantitative estimate of drug-likeness (QED) is 0.730. The summed E-state index contributed by atoms with van der Waals surface area (Å²) >= 11 is 0. The molecule has 0 aliphatic rings. The van der Waals surface area contributed by atoms with E-state index < -0.39 is 0 Å². The SMILES string of the molecule is C=C[C@H](N)c1ccc(O)c2ccccc12. The number of phenolic OH excluding ortho intramolecular Hbond substituents is 1. The van der Waals surface area contributed by atoms with Crippen LogP contribution in [-0.2, 0) is 0 Å². The molecule has 0 saturated heterocycles. The lowest BCUT2D eigenvalue weighted by Crippen LogP contribution is -2.06. The number of hydrogen-bond donors (Lipinski definition) is 2. The van der Waals surface area contributed by atoms with Gasteiger partial charge in [-0.2, -0.15) is 0 Å². The lowest BCUT2D eigenvalue weighted by atomic mass is 9.99. The normalized spacial score (nSPS) is 12.6. The molecule has 0 aliphatic heterocycles. The molecule has 0 fully saturated rings. The minimum atomic E-state index is -0.199. The Morgan fingerprint density at radius 3 is 2.47 bits per heavy atom. The molecule has 0 saturated carbocycles. The average Bonchev–Trinajstić information content (AvgIpc) is 2.29. The predicted molar refractivity (Wildman–Crippen MR) is 62.7 cm³/mol. The summed E-state index contributed by atoms with van der Waals surface area (Å²) in [5, 5.41) is 11.5. The fourth-order valence-corrected chi connectivity index (χ4v) is 1.72. The average molecular weight is 199 g/mol. The number of phenols is 1. The second-order valence-electron chi connectivity index (χ2n) is 3.48. The second kappa shape index (κ2) is 3.75. The summed E-state index contributed by atoms with van der Waals surface area (Å²) in [6, 6.07) is 11.0. The third-order valence-corrected chi connectivity index (χ3v) is 2.55. The molecule has 0 amide bonds. The number of benzene rings is 2. The van der Waals surface area contributed by atoms with Gasteiger partial charge in [0.05, 0.1) is 0 Å². The van der Waals surface area contributed by atoms with E-state index >= 15 is 0 Å². The van der Waals surface area contributed by atoms with Crippen molar-refractivity contribution >= 4 is 10.8 Å². The van der Waals surface area contributed by atoms with Crippen molar-refractivity contribution in [3.05, 3.63) is 54.6 Å². The van der Waals surface area contributed by atoms with E-state index in [1.807, 2.05) is 30.3 Å². The first-order valence-corrected chi connectivity index (χ1v) is 4.83. The molecule has 2 heteroatoms. The Morgan fingerprint density at radius 2 is 1.80 bits per heavy atom. The minimum absolute atomic E-state index is 0.199. The Kier molecular flexibility index (Phi) is 2.44.